The van der Waals surface area contributed by atoms with Crippen LogP contribution in [0.5, 0.6) is 5.75 Å². The molecule has 0 aromatic heterocycles. The molecule has 2 bridgehead atoms. The Balaban J connectivity index is 1.33. The molecule has 214 valence electrons. The van der Waals surface area contributed by atoms with Gasteiger partial charge >= 0.3 is 0 Å². The van der Waals surface area contributed by atoms with Gasteiger partial charge in [-0.2, -0.15) is 0 Å². The molecule has 4 aliphatic heterocycles. The molecular weight excluding hydrogens is 508 g/mol. The average molecular weight is 549 g/mol. The largest absolute Gasteiger partial charge is 0.493 e. The smallest absolute Gasteiger partial charge is 0.258 e. The van der Waals surface area contributed by atoms with Gasteiger partial charge in [0.1, 0.15) is 17.9 Å². The van der Waals surface area contributed by atoms with E-state index in [-0.39, 0.29) is 24.5 Å². The van der Waals surface area contributed by atoms with Crippen molar-refractivity contribution in [2.24, 2.45) is 0 Å². The Kier molecular flexibility index (Phi) is 8.34. The van der Waals surface area contributed by atoms with Crippen molar-refractivity contribution < 1.29 is 24.2 Å². The van der Waals surface area contributed by atoms with Gasteiger partial charge in [-0.15, -0.1) is 0 Å². The fraction of sp³-hybridized carbons (Fsp3) is 0.548. The predicted molar refractivity (Wildman–Crippen MR) is 151 cm³/mol. The number of carbonyl (C=O) groups excluding carboxylic acids is 2. The van der Waals surface area contributed by atoms with E-state index in [4.69, 9.17) is 9.47 Å². The highest BCUT2D eigenvalue weighted by Crippen LogP contribution is 2.31. The lowest BCUT2D eigenvalue weighted by molar-refractivity contribution is -0.135. The van der Waals surface area contributed by atoms with E-state index in [1.54, 1.807) is 4.90 Å². The van der Waals surface area contributed by atoms with Crippen LogP contribution in [-0.4, -0.2) is 103 Å². The Morgan fingerprint density at radius 3 is 2.55 bits per heavy atom. The molecule has 40 heavy (non-hydrogen) atoms. The number of piperazine rings is 1. The Labute approximate surface area is 235 Å². The molecule has 9 heteroatoms. The van der Waals surface area contributed by atoms with Gasteiger partial charge < -0.3 is 30.1 Å². The Morgan fingerprint density at radius 1 is 0.900 bits per heavy atom. The minimum Gasteiger partial charge on any atom is -0.493 e. The number of hydrogen-bond donors (Lipinski definition) is 3. The van der Waals surface area contributed by atoms with Gasteiger partial charge in [0.25, 0.3) is 5.91 Å². The normalized spacial score (nSPS) is 29.0. The van der Waals surface area contributed by atoms with E-state index in [0.717, 1.165) is 50.0 Å². The molecule has 2 aromatic rings. The van der Waals surface area contributed by atoms with Crippen LogP contribution in [0.4, 0.5) is 0 Å². The number of amides is 2. The van der Waals surface area contributed by atoms with E-state index in [2.05, 4.69) is 15.5 Å². The van der Waals surface area contributed by atoms with Gasteiger partial charge in [0.15, 0.2) is 0 Å². The van der Waals surface area contributed by atoms with E-state index in [1.807, 2.05) is 48.5 Å². The van der Waals surface area contributed by atoms with Gasteiger partial charge in [-0.1, -0.05) is 36.4 Å². The van der Waals surface area contributed by atoms with Crippen LogP contribution in [0.2, 0.25) is 0 Å². The minimum atomic E-state index is -0.641. The Morgan fingerprint density at radius 2 is 1.73 bits per heavy atom. The minimum absolute atomic E-state index is 0.0775. The molecule has 3 saturated heterocycles. The van der Waals surface area contributed by atoms with E-state index in [0.29, 0.717) is 49.9 Å². The summed E-state index contributed by atoms with van der Waals surface area (Å²) in [6.45, 7) is 4.22. The van der Waals surface area contributed by atoms with Crippen LogP contribution in [0.1, 0.15) is 42.5 Å². The van der Waals surface area contributed by atoms with Gasteiger partial charge in [0.05, 0.1) is 24.4 Å². The SMILES string of the molecule is O=C1NC[C@H]2O[C@H](CCOc3cc(-c4ccccc4)ccc3C(=O)N3CCN(C4CCNCC4)C[C@@H]13)CC[C@@H]2O. The predicted octanol–water partition coefficient (Wildman–Crippen LogP) is 2.04. The summed E-state index contributed by atoms with van der Waals surface area (Å²) in [5.74, 6) is 0.134. The van der Waals surface area contributed by atoms with Crippen LogP contribution in [0.3, 0.4) is 0 Å². The van der Waals surface area contributed by atoms with Crippen LogP contribution >= 0.6 is 0 Å². The highest BCUT2D eigenvalue weighted by Gasteiger charge is 2.40. The first-order valence-corrected chi connectivity index (χ1v) is 14.8. The Hall–Kier alpha value is -2.98. The lowest BCUT2D eigenvalue weighted by Gasteiger charge is -2.45. The third kappa shape index (κ3) is 5.88. The second-order valence-electron chi connectivity index (χ2n) is 11.4. The van der Waals surface area contributed by atoms with E-state index < -0.39 is 18.2 Å². The maximum absolute atomic E-state index is 14.1. The first kappa shape index (κ1) is 27.2. The molecule has 4 heterocycles. The van der Waals surface area contributed by atoms with Crippen molar-refractivity contribution in [1.82, 2.24) is 20.4 Å². The fourth-order valence-corrected chi connectivity index (χ4v) is 6.52. The summed E-state index contributed by atoms with van der Waals surface area (Å²) < 4.78 is 12.5. The molecule has 0 aliphatic carbocycles. The number of nitrogens with one attached hydrogen (secondary N) is 2. The van der Waals surface area contributed by atoms with Crippen molar-refractivity contribution >= 4 is 11.8 Å². The third-order valence-corrected chi connectivity index (χ3v) is 8.88. The molecule has 2 aromatic carbocycles. The second-order valence-corrected chi connectivity index (χ2v) is 11.4. The number of fused-ring (bicyclic) bond motifs is 4. The summed E-state index contributed by atoms with van der Waals surface area (Å²) in [4.78, 5) is 31.9. The number of aliphatic hydroxyl groups is 1. The molecule has 4 atom stereocenters. The van der Waals surface area contributed by atoms with Crippen molar-refractivity contribution in [3.63, 3.8) is 0 Å². The van der Waals surface area contributed by atoms with Crippen LogP contribution in [0.25, 0.3) is 11.1 Å². The van der Waals surface area contributed by atoms with E-state index in [9.17, 15) is 14.7 Å². The van der Waals surface area contributed by atoms with Crippen molar-refractivity contribution in [3.8, 4) is 16.9 Å². The van der Waals surface area contributed by atoms with Gasteiger partial charge in [0, 0.05) is 38.6 Å². The summed E-state index contributed by atoms with van der Waals surface area (Å²) in [5.41, 5.74) is 2.49. The van der Waals surface area contributed by atoms with Crippen molar-refractivity contribution in [2.75, 3.05) is 45.9 Å². The number of nitrogens with zero attached hydrogens (tertiary/aromatic N) is 2. The van der Waals surface area contributed by atoms with Gasteiger partial charge in [-0.25, -0.2) is 0 Å². The molecule has 0 radical (unpaired) electrons. The highest BCUT2D eigenvalue weighted by molar-refractivity contribution is 6.00. The van der Waals surface area contributed by atoms with Crippen LogP contribution in [0, 0.1) is 0 Å². The molecule has 9 nitrogen and oxygen atoms in total. The number of piperidine rings is 1. The second kappa shape index (κ2) is 12.3. The van der Waals surface area contributed by atoms with E-state index >= 15 is 0 Å². The van der Waals surface area contributed by atoms with Crippen LogP contribution in [0.15, 0.2) is 48.5 Å². The van der Waals surface area contributed by atoms with Crippen molar-refractivity contribution in [1.29, 1.82) is 0 Å². The highest BCUT2D eigenvalue weighted by atomic mass is 16.5. The lowest BCUT2D eigenvalue weighted by atomic mass is 9.98. The number of benzene rings is 2. The maximum Gasteiger partial charge on any atom is 0.258 e. The molecule has 3 fully saturated rings. The van der Waals surface area contributed by atoms with Crippen molar-refractivity contribution in [2.45, 2.75) is 62.5 Å². The maximum atomic E-state index is 14.1. The topological polar surface area (TPSA) is 103 Å². The summed E-state index contributed by atoms with van der Waals surface area (Å²) in [5, 5.41) is 17.0. The summed E-state index contributed by atoms with van der Waals surface area (Å²) >= 11 is 0. The molecular formula is C31H40N4O5. The monoisotopic (exact) mass is 548 g/mol. The molecule has 0 spiro atoms. The molecule has 0 unspecified atom stereocenters. The number of carbonyl (C=O) groups is 2. The number of aliphatic hydroxyl groups excluding tert-OH is 1. The molecule has 6 rings (SSSR count). The molecule has 3 N–H and O–H groups in total. The zero-order valence-electron chi connectivity index (χ0n) is 23.0. The number of hydrogen-bond acceptors (Lipinski definition) is 7. The van der Waals surface area contributed by atoms with Crippen LogP contribution < -0.4 is 15.4 Å². The lowest BCUT2D eigenvalue weighted by Crippen LogP contribution is -2.63. The third-order valence-electron chi connectivity index (χ3n) is 8.88. The van der Waals surface area contributed by atoms with Crippen molar-refractivity contribution in [3.05, 3.63) is 54.1 Å². The zero-order chi connectivity index (χ0) is 27.5. The zero-order valence-corrected chi connectivity index (χ0v) is 23.0. The van der Waals surface area contributed by atoms with Crippen LogP contribution in [-0.2, 0) is 9.53 Å². The molecule has 2 amide bonds. The quantitative estimate of drug-likeness (QED) is 0.528. The summed E-state index contributed by atoms with van der Waals surface area (Å²) in [6.07, 6.45) is 2.87. The van der Waals surface area contributed by atoms with E-state index in [1.165, 1.54) is 0 Å². The first-order chi connectivity index (χ1) is 19.6. The standard InChI is InChI=1S/C31H40N4O5/c36-27-9-7-24-12-17-39-28-18-22(21-4-2-1-3-5-21)6-8-25(28)31(38)35-16-15-34(23-10-13-32-14-11-23)20-26(35)30(37)33-19-29(27)40-24/h1-6,8,18,23-24,26-27,29,32,36H,7,9-17,19-20H2,(H,33,37)/t24-,26-,27-,29+/m0/s1. The average Bonchev–Trinajstić information content (AvgIpc) is 3.01. The molecule has 0 saturated carbocycles. The summed E-state index contributed by atoms with van der Waals surface area (Å²) in [7, 11) is 0. The Bertz CT molecular complexity index is 1190. The van der Waals surface area contributed by atoms with Gasteiger partial charge in [-0.3, -0.25) is 14.5 Å². The number of rotatable bonds is 2. The summed E-state index contributed by atoms with van der Waals surface area (Å²) in [6, 6.07) is 15.5. The van der Waals surface area contributed by atoms with Gasteiger partial charge in [-0.05, 0) is 62.0 Å². The number of ether oxygens (including phenoxy) is 2. The fourth-order valence-electron chi connectivity index (χ4n) is 6.52. The first-order valence-electron chi connectivity index (χ1n) is 14.8. The molecule has 4 aliphatic rings. The van der Waals surface area contributed by atoms with Gasteiger partial charge in [0.2, 0.25) is 5.91 Å².